The lowest BCUT2D eigenvalue weighted by Crippen LogP contribution is -2.29. The van der Waals surface area contributed by atoms with Crippen molar-refractivity contribution in [2.75, 3.05) is 72.6 Å². The first-order chi connectivity index (χ1) is 67.0. The number of carbonyl (C=O) groups is 5. The average Bonchev–Trinajstić information content (AvgIpc) is 1.47. The fraction of sp³-hybridized carbons (Fsp3) is 0.269. The second kappa shape index (κ2) is 50.9. The topological polar surface area (TPSA) is 254 Å². The molecule has 0 spiro atoms. The quantitative estimate of drug-likeness (QED) is 0.0453. The Morgan fingerprint density at radius 3 is 0.884 bits per heavy atom. The van der Waals surface area contributed by atoms with Crippen molar-refractivity contribution in [2.45, 2.75) is 133 Å². The number of hydrogen-bond donors (Lipinski definition) is 0. The van der Waals surface area contributed by atoms with Gasteiger partial charge in [-0.1, -0.05) is 349 Å². The normalized spacial score (nSPS) is 17.9. The number of carbonyl (C=O) groups excluding carboxylic acids is 5. The van der Waals surface area contributed by atoms with Crippen molar-refractivity contribution in [3.05, 3.63) is 432 Å². The summed E-state index contributed by atoms with van der Waals surface area (Å²) < 4.78 is 5.52. The minimum absolute atomic E-state index is 0.0346. The zero-order chi connectivity index (χ0) is 98.0. The molecule has 10 atom stereocenters. The summed E-state index contributed by atoms with van der Waals surface area (Å²) in [4.78, 5) is 73.3. The molecule has 5 fully saturated rings. The predicted octanol–water partition coefficient (Wildman–Crippen LogP) is 24.4. The number of likely N-dealkylation sites (tertiary alicyclic amines) is 5. The largest absolute Gasteiger partial charge is 0.496 e. The molecule has 0 aliphatic carbocycles. The van der Waals surface area contributed by atoms with Gasteiger partial charge in [0.15, 0.2) is 0 Å². The number of benzene rings is 11. The molecule has 5 aliphatic heterocycles. The highest BCUT2D eigenvalue weighted by Crippen LogP contribution is 2.39. The third-order valence-corrected chi connectivity index (χ3v) is 27.0. The molecule has 11 aromatic rings. The van der Waals surface area contributed by atoms with Gasteiger partial charge in [0.2, 0.25) is 0 Å². The van der Waals surface area contributed by atoms with E-state index in [1.165, 1.54) is 22.3 Å². The van der Waals surface area contributed by atoms with Gasteiger partial charge in [-0.2, -0.15) is 31.6 Å². The number of allylic oxidation sites excluding steroid dienone is 5. The van der Waals surface area contributed by atoms with Crippen molar-refractivity contribution >= 4 is 52.7 Å². The summed E-state index contributed by atoms with van der Waals surface area (Å²) in [6.07, 6.45) is 13.4. The number of nitriles is 6. The summed E-state index contributed by atoms with van der Waals surface area (Å²) in [7, 11) is 1.63. The smallest absolute Gasteiger partial charge is 0.264 e. The molecule has 0 aromatic heterocycles. The van der Waals surface area contributed by atoms with Gasteiger partial charge >= 0.3 is 0 Å². The highest BCUT2D eigenvalue weighted by molar-refractivity contribution is 6.31. The highest BCUT2D eigenvalue weighted by atomic mass is 35.5. The van der Waals surface area contributed by atoms with E-state index in [2.05, 4.69) is 91.0 Å². The third kappa shape index (κ3) is 27.8. The maximum absolute atomic E-state index is 13.2. The van der Waals surface area contributed by atoms with Crippen LogP contribution in [0, 0.1) is 74.9 Å². The lowest BCUT2D eigenvalue weighted by atomic mass is 9.92. The fourth-order valence-electron chi connectivity index (χ4n) is 18.4. The number of rotatable bonds is 22. The lowest BCUT2D eigenvalue weighted by Gasteiger charge is -2.18. The molecule has 0 N–H and O–H groups in total. The summed E-state index contributed by atoms with van der Waals surface area (Å²) in [5.74, 6) is 1.28. The van der Waals surface area contributed by atoms with Gasteiger partial charge in [-0.15, -0.1) is 0 Å². The molecule has 0 bridgehead atoms. The first kappa shape index (κ1) is 102. The van der Waals surface area contributed by atoms with Gasteiger partial charge in [-0.05, 0) is 142 Å². The minimum Gasteiger partial charge on any atom is -0.496 e. The number of methoxy groups -OCH3 is 1. The predicted molar refractivity (Wildman–Crippen MR) is 546 cm³/mol. The van der Waals surface area contributed by atoms with Crippen molar-refractivity contribution in [1.82, 2.24) is 24.5 Å². The van der Waals surface area contributed by atoms with Crippen LogP contribution in [0.15, 0.2) is 355 Å². The maximum atomic E-state index is 13.2. The lowest BCUT2D eigenvalue weighted by molar-refractivity contribution is -0.126. The number of aryl methyl sites for hydroxylation is 1. The van der Waals surface area contributed by atoms with Gasteiger partial charge in [0.1, 0.15) is 64.0 Å². The molecule has 0 radical (unpaired) electrons. The monoisotopic (exact) mass is 1860 g/mol. The van der Waals surface area contributed by atoms with Gasteiger partial charge in [0.05, 0.1) is 18.7 Å². The summed E-state index contributed by atoms with van der Waals surface area (Å²) >= 11 is 12.1. The highest BCUT2D eigenvalue weighted by Gasteiger charge is 2.36. The van der Waals surface area contributed by atoms with Gasteiger partial charge < -0.3 is 29.2 Å². The van der Waals surface area contributed by atoms with Crippen LogP contribution in [0.25, 0.3) is 11.1 Å². The van der Waals surface area contributed by atoms with Crippen LogP contribution in [-0.4, -0.2) is 127 Å². The summed E-state index contributed by atoms with van der Waals surface area (Å²) in [6.45, 7) is 18.5. The number of halogens is 2. The van der Waals surface area contributed by atoms with E-state index in [0.717, 1.165) is 92.9 Å². The summed E-state index contributed by atoms with van der Waals surface area (Å²) in [5, 5.41) is 58.7. The molecule has 11 aromatic carbocycles. The van der Waals surface area contributed by atoms with E-state index < -0.39 is 0 Å². The molecule has 138 heavy (non-hydrogen) atoms. The van der Waals surface area contributed by atoms with Crippen molar-refractivity contribution in [1.29, 1.82) is 31.6 Å². The SMILES string of the molecule is CC(/C=C(\C#N)C(=O)N1CCC(c2ccccc2)C1)c1cccc(Cl)c1.COc1ccccc1-c1cc(C#N)cc(C2CCN(C(=O)/C(C#N)=C/C(C)c3ccccc3)C2)c1.C[C@@H](/C=C(\C#N)C(=O)N1CC[C@H](c2ccccc2)C1)c1ccccc1.C[C@H](/C=C(\C#N)C(=O)N1CC[C@@H](c2ccccc2)C1)c1ccccc1.Cc1cc(C(C)/C=C(\C#N)C(=O)N2CCC(c3ccccc3)C2)ccc1Cl. The van der Waals surface area contributed by atoms with Crippen molar-refractivity contribution in [3.63, 3.8) is 0 Å². The van der Waals surface area contributed by atoms with Crippen molar-refractivity contribution < 1.29 is 28.7 Å². The van der Waals surface area contributed by atoms with E-state index >= 15 is 0 Å². The Hall–Kier alpha value is -15.2. The molecule has 5 amide bonds. The molecule has 19 heteroatoms. The summed E-state index contributed by atoms with van der Waals surface area (Å²) in [5.41, 5.74) is 15.8. The Kier molecular flexibility index (Phi) is 37.6. The molecule has 5 heterocycles. The van der Waals surface area contributed by atoms with E-state index in [1.807, 2.05) is 294 Å². The fourth-order valence-corrected chi connectivity index (χ4v) is 18.7. The van der Waals surface area contributed by atoms with Crippen molar-refractivity contribution in [2.24, 2.45) is 0 Å². The standard InChI is InChI=1S/C30H27N3O2.C23H23ClN2O.C22H21ClN2O.2C22H22N2O/c1-21(23-8-4-3-5-9-23)14-27(19-32)30(34)33-13-12-24(20-33)25-15-22(18-31)16-26(17-25)28-10-6-7-11-29(28)35-2;1-16(19-8-9-22(24)17(2)13-19)12-21(14-25)23(27)26-11-10-20(15-26)18-6-4-3-5-7-18;1-16(18-8-5-9-21(23)13-18)12-20(14-24)22(26)25-11-10-19(15-25)17-6-3-2-4-7-17;2*1-17(18-8-4-2-5-9-18)14-21(15-23)22(25)24-13-12-20(16-24)19-10-6-3-7-11-19/h3-11,14-17,21,24H,12-13,20H2,1-2H3;3-9,12-13,16,20H,10-11,15H2,1-2H3;2-9,12-13,16,19H,10-11,15H2,1H3;2*2-11,14,17,20H,12-13,16H2,1H3/b27-14+;21-12+;20-12+;2*21-14+/t;;;2*17-,20-/m...10/s1. The molecule has 17 nitrogen and oxygen atoms in total. The number of hydrogen-bond acceptors (Lipinski definition) is 12. The van der Waals surface area contributed by atoms with Gasteiger partial charge in [-0.3, -0.25) is 24.0 Å². The van der Waals surface area contributed by atoms with E-state index in [-0.39, 0.29) is 92.9 Å². The zero-order valence-corrected chi connectivity index (χ0v) is 80.7. The van der Waals surface area contributed by atoms with Crippen LogP contribution in [0.2, 0.25) is 10.0 Å². The molecule has 0 saturated carbocycles. The number of ether oxygens (including phenoxy) is 1. The summed E-state index contributed by atoms with van der Waals surface area (Å²) in [6, 6.07) is 110. The first-order valence-corrected chi connectivity index (χ1v) is 47.8. The Balaban J connectivity index is 0.000000156. The first-order valence-electron chi connectivity index (χ1n) is 47.1. The van der Waals surface area contributed by atoms with Crippen LogP contribution in [0.3, 0.4) is 0 Å². The second-order valence-corrected chi connectivity index (χ2v) is 36.5. The van der Waals surface area contributed by atoms with Crippen LogP contribution in [0.5, 0.6) is 5.75 Å². The van der Waals surface area contributed by atoms with Crippen molar-refractivity contribution in [3.8, 4) is 53.3 Å². The Labute approximate surface area is 823 Å². The van der Waals surface area contributed by atoms with E-state index in [9.17, 15) is 55.5 Å². The Bertz CT molecular complexity index is 6330. The number of nitrogens with zero attached hydrogens (tertiary/aromatic N) is 11. The number of amides is 5. The van der Waals surface area contributed by atoms with Crippen LogP contribution in [0.4, 0.5) is 0 Å². The maximum Gasteiger partial charge on any atom is 0.264 e. The van der Waals surface area contributed by atoms with Crippen LogP contribution < -0.4 is 4.74 Å². The van der Waals surface area contributed by atoms with Crippen LogP contribution >= 0.6 is 23.2 Å². The zero-order valence-electron chi connectivity index (χ0n) is 79.2. The number of para-hydroxylation sites is 1. The minimum atomic E-state index is -0.237. The molecular formula is C119H115Cl2N11O6. The second-order valence-electron chi connectivity index (χ2n) is 35.7. The van der Waals surface area contributed by atoms with Crippen LogP contribution in [0.1, 0.15) is 193 Å². The Morgan fingerprint density at radius 1 is 0.319 bits per heavy atom. The van der Waals surface area contributed by atoms with Gasteiger partial charge in [0.25, 0.3) is 29.5 Å². The third-order valence-electron chi connectivity index (χ3n) is 26.3. The van der Waals surface area contributed by atoms with E-state index in [1.54, 1.807) is 52.2 Å². The van der Waals surface area contributed by atoms with Crippen LogP contribution in [-0.2, 0) is 24.0 Å². The molecule has 16 rings (SSSR count). The van der Waals surface area contributed by atoms with E-state index in [4.69, 9.17) is 27.9 Å². The van der Waals surface area contributed by atoms with Gasteiger partial charge in [0, 0.05) is 140 Å². The molecule has 696 valence electrons. The average molecular weight is 1870 g/mol. The molecular weight excluding hydrogens is 1750 g/mol. The van der Waals surface area contributed by atoms with E-state index in [0.29, 0.717) is 99.7 Å². The van der Waals surface area contributed by atoms with Gasteiger partial charge in [-0.25, -0.2) is 0 Å². The Morgan fingerprint density at radius 2 is 0.594 bits per heavy atom. The molecule has 6 unspecified atom stereocenters. The molecule has 5 saturated heterocycles. The molecule has 5 aliphatic rings.